The second kappa shape index (κ2) is 8.29. The molecule has 0 bridgehead atoms. The van der Waals surface area contributed by atoms with Crippen molar-refractivity contribution in [2.45, 2.75) is 27.7 Å². The van der Waals surface area contributed by atoms with Gasteiger partial charge in [0, 0.05) is 23.9 Å². The zero-order valence-corrected chi connectivity index (χ0v) is 15.4. The van der Waals surface area contributed by atoms with Crippen LogP contribution in [0.1, 0.15) is 34.0 Å². The third kappa shape index (κ3) is 5.44. The normalized spacial score (nSPS) is 10.2. The zero-order valence-electron chi connectivity index (χ0n) is 15.4. The van der Waals surface area contributed by atoms with Crippen molar-refractivity contribution in [1.82, 2.24) is 5.32 Å². The molecule has 0 fully saturated rings. The van der Waals surface area contributed by atoms with Crippen LogP contribution in [0.15, 0.2) is 36.4 Å². The summed E-state index contributed by atoms with van der Waals surface area (Å²) in [5, 5.41) is 8.04. The molecule has 0 saturated carbocycles. The second-order valence-corrected chi connectivity index (χ2v) is 6.32. The molecule has 0 unspecified atom stereocenters. The monoisotopic (exact) mass is 353 g/mol. The molecule has 2 rings (SSSR count). The summed E-state index contributed by atoms with van der Waals surface area (Å²) in [6, 6.07) is 10.8. The maximum atomic E-state index is 12.2. The highest BCUT2D eigenvalue weighted by Gasteiger charge is 2.10. The van der Waals surface area contributed by atoms with E-state index in [4.69, 9.17) is 0 Å². The van der Waals surface area contributed by atoms with Gasteiger partial charge in [-0.25, -0.2) is 0 Å². The number of rotatable bonds is 5. The van der Waals surface area contributed by atoms with Gasteiger partial charge in [0.1, 0.15) is 0 Å². The largest absolute Gasteiger partial charge is 0.343 e. The van der Waals surface area contributed by atoms with Gasteiger partial charge >= 0.3 is 0 Å². The van der Waals surface area contributed by atoms with Crippen LogP contribution in [0.5, 0.6) is 0 Å². The Morgan fingerprint density at radius 1 is 0.885 bits per heavy atom. The summed E-state index contributed by atoms with van der Waals surface area (Å²) >= 11 is 0. The Morgan fingerprint density at radius 3 is 2.15 bits per heavy atom. The van der Waals surface area contributed by atoms with E-state index in [1.54, 1.807) is 30.3 Å². The van der Waals surface area contributed by atoms with E-state index < -0.39 is 0 Å². The fraction of sp³-hybridized carbons (Fsp3) is 0.250. The van der Waals surface area contributed by atoms with Crippen LogP contribution >= 0.6 is 0 Å². The van der Waals surface area contributed by atoms with Crippen LogP contribution in [0.4, 0.5) is 11.4 Å². The molecule has 3 N–H and O–H groups in total. The van der Waals surface area contributed by atoms with E-state index in [0.717, 1.165) is 16.7 Å². The van der Waals surface area contributed by atoms with E-state index in [0.29, 0.717) is 16.9 Å². The van der Waals surface area contributed by atoms with Crippen LogP contribution < -0.4 is 16.0 Å². The SMILES string of the molecule is CC(=O)Nc1ccc(C)c(NC(=O)CNC(=O)c2cc(C)cc(C)c2)c1. The molecule has 2 aromatic carbocycles. The minimum atomic E-state index is -0.342. The van der Waals surface area contributed by atoms with Crippen molar-refractivity contribution in [3.05, 3.63) is 58.7 Å². The topological polar surface area (TPSA) is 87.3 Å². The van der Waals surface area contributed by atoms with Crippen molar-refractivity contribution in [2.75, 3.05) is 17.2 Å². The highest BCUT2D eigenvalue weighted by Crippen LogP contribution is 2.20. The second-order valence-electron chi connectivity index (χ2n) is 6.32. The number of amides is 3. The van der Waals surface area contributed by atoms with E-state index in [1.165, 1.54) is 6.92 Å². The molecule has 0 heterocycles. The van der Waals surface area contributed by atoms with Crippen LogP contribution in [0, 0.1) is 20.8 Å². The molecule has 2 aromatic rings. The summed E-state index contributed by atoms with van der Waals surface area (Å²) < 4.78 is 0. The molecule has 0 aliphatic carbocycles. The molecular weight excluding hydrogens is 330 g/mol. The first-order valence-electron chi connectivity index (χ1n) is 8.29. The maximum absolute atomic E-state index is 12.2. The lowest BCUT2D eigenvalue weighted by Gasteiger charge is -2.12. The summed E-state index contributed by atoms with van der Waals surface area (Å²) in [5.74, 6) is -0.826. The smallest absolute Gasteiger partial charge is 0.251 e. The van der Waals surface area contributed by atoms with Gasteiger partial charge in [-0.1, -0.05) is 23.3 Å². The molecule has 6 heteroatoms. The van der Waals surface area contributed by atoms with Crippen LogP contribution in [0.2, 0.25) is 0 Å². The third-order valence-corrected chi connectivity index (χ3v) is 3.73. The molecule has 3 amide bonds. The summed E-state index contributed by atoms with van der Waals surface area (Å²) in [5.41, 5.74) is 4.54. The molecule has 136 valence electrons. The summed E-state index contributed by atoms with van der Waals surface area (Å²) in [4.78, 5) is 35.5. The molecule has 0 atom stereocenters. The van der Waals surface area contributed by atoms with Crippen LogP contribution in [0.25, 0.3) is 0 Å². The third-order valence-electron chi connectivity index (χ3n) is 3.73. The van der Waals surface area contributed by atoms with Gasteiger partial charge in [0.25, 0.3) is 5.91 Å². The van der Waals surface area contributed by atoms with Gasteiger partial charge in [-0.05, 0) is 50.6 Å². The van der Waals surface area contributed by atoms with Gasteiger partial charge in [0.15, 0.2) is 0 Å². The van der Waals surface area contributed by atoms with E-state index in [2.05, 4.69) is 16.0 Å². The Bertz CT molecular complexity index is 839. The highest BCUT2D eigenvalue weighted by atomic mass is 16.2. The average Bonchev–Trinajstić information content (AvgIpc) is 2.54. The van der Waals surface area contributed by atoms with Crippen molar-refractivity contribution >= 4 is 29.1 Å². The first-order valence-corrected chi connectivity index (χ1v) is 8.29. The number of benzene rings is 2. The Labute approximate surface area is 153 Å². The molecule has 0 aliphatic heterocycles. The van der Waals surface area contributed by atoms with Crippen molar-refractivity contribution in [1.29, 1.82) is 0 Å². The Hall–Kier alpha value is -3.15. The molecule has 26 heavy (non-hydrogen) atoms. The number of hydrogen-bond acceptors (Lipinski definition) is 3. The summed E-state index contributed by atoms with van der Waals surface area (Å²) in [6.45, 7) is 6.96. The first-order chi connectivity index (χ1) is 12.2. The van der Waals surface area contributed by atoms with E-state index in [9.17, 15) is 14.4 Å². The summed E-state index contributed by atoms with van der Waals surface area (Å²) in [6.07, 6.45) is 0. The highest BCUT2D eigenvalue weighted by molar-refractivity contribution is 6.00. The standard InChI is InChI=1S/C20H23N3O3/c1-12-7-13(2)9-16(8-12)20(26)21-11-19(25)23-18-10-17(22-15(4)24)6-5-14(18)3/h5-10H,11H2,1-4H3,(H,21,26)(H,22,24)(H,23,25). The van der Waals surface area contributed by atoms with E-state index in [-0.39, 0.29) is 24.3 Å². The molecule has 0 aromatic heterocycles. The predicted molar refractivity (Wildman–Crippen MR) is 102 cm³/mol. The van der Waals surface area contributed by atoms with Gasteiger partial charge in [-0.15, -0.1) is 0 Å². The molecule has 0 aliphatic rings. The zero-order chi connectivity index (χ0) is 19.3. The van der Waals surface area contributed by atoms with Crippen LogP contribution in [-0.4, -0.2) is 24.3 Å². The average molecular weight is 353 g/mol. The lowest BCUT2D eigenvalue weighted by molar-refractivity contribution is -0.115. The minimum absolute atomic E-state index is 0.143. The molecule has 0 saturated heterocycles. The first kappa shape index (κ1) is 19.2. The van der Waals surface area contributed by atoms with Crippen molar-refractivity contribution in [3.63, 3.8) is 0 Å². The maximum Gasteiger partial charge on any atom is 0.251 e. The number of aryl methyl sites for hydroxylation is 3. The Balaban J connectivity index is 1.98. The number of nitrogens with one attached hydrogen (secondary N) is 3. The van der Waals surface area contributed by atoms with Crippen LogP contribution in [-0.2, 0) is 9.59 Å². The minimum Gasteiger partial charge on any atom is -0.343 e. The van der Waals surface area contributed by atoms with Crippen molar-refractivity contribution < 1.29 is 14.4 Å². The van der Waals surface area contributed by atoms with Gasteiger partial charge in [0.05, 0.1) is 6.54 Å². The number of hydrogen-bond donors (Lipinski definition) is 3. The summed E-state index contributed by atoms with van der Waals surface area (Å²) in [7, 11) is 0. The predicted octanol–water partition coefficient (Wildman–Crippen LogP) is 2.94. The van der Waals surface area contributed by atoms with E-state index >= 15 is 0 Å². The van der Waals surface area contributed by atoms with Gasteiger partial charge < -0.3 is 16.0 Å². The van der Waals surface area contributed by atoms with Crippen molar-refractivity contribution in [2.24, 2.45) is 0 Å². The fourth-order valence-corrected chi connectivity index (χ4v) is 2.60. The van der Waals surface area contributed by atoms with Crippen molar-refractivity contribution in [3.8, 4) is 0 Å². The lowest BCUT2D eigenvalue weighted by Crippen LogP contribution is -2.33. The Morgan fingerprint density at radius 2 is 1.54 bits per heavy atom. The van der Waals surface area contributed by atoms with Gasteiger partial charge in [0.2, 0.25) is 11.8 Å². The quantitative estimate of drug-likeness (QED) is 0.772. The molecule has 0 radical (unpaired) electrons. The number of carbonyl (C=O) groups is 3. The van der Waals surface area contributed by atoms with E-state index in [1.807, 2.05) is 26.8 Å². The molecular formula is C20H23N3O3. The van der Waals surface area contributed by atoms with Gasteiger partial charge in [-0.3, -0.25) is 14.4 Å². The number of carbonyl (C=O) groups excluding carboxylic acids is 3. The lowest BCUT2D eigenvalue weighted by atomic mass is 10.1. The fourth-order valence-electron chi connectivity index (χ4n) is 2.60. The molecule has 0 spiro atoms. The molecule has 6 nitrogen and oxygen atoms in total. The van der Waals surface area contributed by atoms with Crippen LogP contribution in [0.3, 0.4) is 0 Å². The Kier molecular flexibility index (Phi) is 6.11. The number of anilines is 2. The van der Waals surface area contributed by atoms with Gasteiger partial charge in [-0.2, -0.15) is 0 Å².